The number of benzene rings is 1. The van der Waals surface area contributed by atoms with Gasteiger partial charge in [0.15, 0.2) is 0 Å². The Morgan fingerprint density at radius 3 is 2.64 bits per heavy atom. The number of carbonyl (C=O) groups excluding carboxylic acids is 1. The number of nitrogens with zero attached hydrogens (tertiary/aromatic N) is 1. The van der Waals surface area contributed by atoms with Crippen molar-refractivity contribution < 1.29 is 4.79 Å². The number of anilines is 1. The van der Waals surface area contributed by atoms with E-state index in [0.29, 0.717) is 6.54 Å². The summed E-state index contributed by atoms with van der Waals surface area (Å²) in [5, 5.41) is 3.58. The van der Waals surface area contributed by atoms with E-state index in [2.05, 4.69) is 21.2 Å². The summed E-state index contributed by atoms with van der Waals surface area (Å²) in [5.41, 5.74) is 0.818. The number of urea groups is 1. The van der Waals surface area contributed by atoms with Gasteiger partial charge >= 0.3 is 6.03 Å². The summed E-state index contributed by atoms with van der Waals surface area (Å²) in [7, 11) is 1.76. The molecule has 1 N–H and O–H groups in total. The summed E-state index contributed by atoms with van der Waals surface area (Å²) >= 11 is 3.28. The summed E-state index contributed by atoms with van der Waals surface area (Å²) in [6.07, 6.45) is 0. The van der Waals surface area contributed by atoms with Crippen LogP contribution in [0.3, 0.4) is 0 Å². The van der Waals surface area contributed by atoms with Crippen LogP contribution < -0.4 is 5.32 Å². The molecule has 0 unspecified atom stereocenters. The van der Waals surface area contributed by atoms with Crippen molar-refractivity contribution in [2.45, 2.75) is 0 Å². The lowest BCUT2D eigenvalue weighted by molar-refractivity contribution is 0.225. The number of halogens is 1. The molecule has 76 valence electrons. The second-order valence-electron chi connectivity index (χ2n) is 2.91. The zero-order valence-electron chi connectivity index (χ0n) is 8.03. The van der Waals surface area contributed by atoms with Crippen LogP contribution in [-0.4, -0.2) is 29.9 Å². The molecule has 0 bridgehead atoms. The monoisotopic (exact) mass is 256 g/mol. The highest BCUT2D eigenvalue weighted by molar-refractivity contribution is 9.09. The lowest BCUT2D eigenvalue weighted by Gasteiger charge is -2.16. The Labute approximate surface area is 92.2 Å². The van der Waals surface area contributed by atoms with Gasteiger partial charge in [-0.2, -0.15) is 0 Å². The van der Waals surface area contributed by atoms with Gasteiger partial charge in [-0.1, -0.05) is 34.1 Å². The Kier molecular flexibility index (Phi) is 4.46. The maximum Gasteiger partial charge on any atom is 0.321 e. The summed E-state index contributed by atoms with van der Waals surface area (Å²) in [6, 6.07) is 9.33. The summed E-state index contributed by atoms with van der Waals surface area (Å²) in [6.45, 7) is 0.693. The van der Waals surface area contributed by atoms with Crippen molar-refractivity contribution in [2.75, 3.05) is 24.2 Å². The Balaban J connectivity index is 2.49. The molecule has 4 heteroatoms. The van der Waals surface area contributed by atoms with Crippen LogP contribution in [0.4, 0.5) is 10.5 Å². The third-order valence-corrected chi connectivity index (χ3v) is 2.15. The molecule has 1 aromatic rings. The predicted octanol–water partition coefficient (Wildman–Crippen LogP) is 2.55. The van der Waals surface area contributed by atoms with E-state index in [4.69, 9.17) is 0 Å². The average Bonchev–Trinajstić information content (AvgIpc) is 2.19. The van der Waals surface area contributed by atoms with Crippen molar-refractivity contribution >= 4 is 27.6 Å². The summed E-state index contributed by atoms with van der Waals surface area (Å²) in [4.78, 5) is 13.1. The van der Waals surface area contributed by atoms with Gasteiger partial charge < -0.3 is 10.2 Å². The predicted molar refractivity (Wildman–Crippen MR) is 61.9 cm³/mol. The molecule has 0 radical (unpaired) electrons. The molecule has 0 spiro atoms. The van der Waals surface area contributed by atoms with Crippen LogP contribution in [0.25, 0.3) is 0 Å². The molecule has 0 aliphatic rings. The third-order valence-electron chi connectivity index (χ3n) is 1.79. The molecule has 0 aliphatic carbocycles. The first kappa shape index (κ1) is 11.0. The van der Waals surface area contributed by atoms with Gasteiger partial charge in [0.1, 0.15) is 0 Å². The Morgan fingerprint density at radius 2 is 2.07 bits per heavy atom. The molecule has 2 amide bonds. The number of hydrogen-bond acceptors (Lipinski definition) is 1. The number of amides is 2. The van der Waals surface area contributed by atoms with E-state index in [1.165, 1.54) is 0 Å². The molecule has 0 aliphatic heterocycles. The first-order valence-corrected chi connectivity index (χ1v) is 5.49. The second-order valence-corrected chi connectivity index (χ2v) is 3.70. The molecule has 1 aromatic carbocycles. The maximum absolute atomic E-state index is 11.5. The molecule has 0 atom stereocenters. The standard InChI is InChI=1S/C10H13BrN2O/c1-13(8-7-11)10(14)12-9-5-3-2-4-6-9/h2-6H,7-8H2,1H3,(H,12,14). The molecular formula is C10H13BrN2O. The Hall–Kier alpha value is -1.03. The zero-order valence-corrected chi connectivity index (χ0v) is 9.62. The molecule has 3 nitrogen and oxygen atoms in total. The fourth-order valence-electron chi connectivity index (χ4n) is 0.969. The molecule has 0 saturated carbocycles. The average molecular weight is 257 g/mol. The number of alkyl halides is 1. The first-order valence-electron chi connectivity index (χ1n) is 4.37. The highest BCUT2D eigenvalue weighted by atomic mass is 79.9. The van der Waals surface area contributed by atoms with Crippen LogP contribution in [0, 0.1) is 0 Å². The third kappa shape index (κ3) is 3.38. The van der Waals surface area contributed by atoms with Gasteiger partial charge in [0, 0.05) is 24.6 Å². The minimum atomic E-state index is -0.0874. The second kappa shape index (κ2) is 5.65. The highest BCUT2D eigenvalue weighted by Crippen LogP contribution is 2.05. The van der Waals surface area contributed by atoms with Crippen LogP contribution in [-0.2, 0) is 0 Å². The maximum atomic E-state index is 11.5. The molecule has 1 rings (SSSR count). The van der Waals surface area contributed by atoms with E-state index in [-0.39, 0.29) is 6.03 Å². The largest absolute Gasteiger partial charge is 0.327 e. The minimum absolute atomic E-state index is 0.0874. The zero-order chi connectivity index (χ0) is 10.4. The topological polar surface area (TPSA) is 32.3 Å². The number of nitrogens with one attached hydrogen (secondary N) is 1. The Bertz CT molecular complexity index is 289. The van der Waals surface area contributed by atoms with Gasteiger partial charge in [0.25, 0.3) is 0 Å². The Morgan fingerprint density at radius 1 is 1.43 bits per heavy atom. The first-order chi connectivity index (χ1) is 6.74. The van der Waals surface area contributed by atoms with Gasteiger partial charge in [-0.3, -0.25) is 0 Å². The SMILES string of the molecule is CN(CCBr)C(=O)Nc1ccccc1. The van der Waals surface area contributed by atoms with E-state index < -0.39 is 0 Å². The lowest BCUT2D eigenvalue weighted by atomic mass is 10.3. The van der Waals surface area contributed by atoms with Gasteiger partial charge in [0.2, 0.25) is 0 Å². The smallest absolute Gasteiger partial charge is 0.321 e. The normalized spacial score (nSPS) is 9.57. The summed E-state index contributed by atoms with van der Waals surface area (Å²) in [5.74, 6) is 0. The number of hydrogen-bond donors (Lipinski definition) is 1. The minimum Gasteiger partial charge on any atom is -0.327 e. The summed E-state index contributed by atoms with van der Waals surface area (Å²) < 4.78 is 0. The fourth-order valence-corrected chi connectivity index (χ4v) is 1.50. The van der Waals surface area contributed by atoms with Crippen LogP contribution in [0.5, 0.6) is 0 Å². The molecule has 0 heterocycles. The highest BCUT2D eigenvalue weighted by Gasteiger charge is 2.06. The molecule has 0 aromatic heterocycles. The van der Waals surface area contributed by atoms with Crippen molar-refractivity contribution in [2.24, 2.45) is 0 Å². The van der Waals surface area contributed by atoms with Crippen LogP contribution in [0.1, 0.15) is 0 Å². The van der Waals surface area contributed by atoms with Gasteiger partial charge in [-0.15, -0.1) is 0 Å². The molecular weight excluding hydrogens is 244 g/mol. The van der Waals surface area contributed by atoms with Gasteiger partial charge in [-0.05, 0) is 12.1 Å². The van der Waals surface area contributed by atoms with Crippen molar-refractivity contribution in [3.8, 4) is 0 Å². The van der Waals surface area contributed by atoms with Gasteiger partial charge in [-0.25, -0.2) is 4.79 Å². The molecule has 0 fully saturated rings. The van der Waals surface area contributed by atoms with E-state index in [1.807, 2.05) is 30.3 Å². The van der Waals surface area contributed by atoms with E-state index in [0.717, 1.165) is 11.0 Å². The lowest BCUT2D eigenvalue weighted by Crippen LogP contribution is -2.32. The number of carbonyl (C=O) groups is 1. The molecule has 14 heavy (non-hydrogen) atoms. The van der Waals surface area contributed by atoms with Crippen LogP contribution >= 0.6 is 15.9 Å². The van der Waals surface area contributed by atoms with Crippen LogP contribution in [0.2, 0.25) is 0 Å². The van der Waals surface area contributed by atoms with E-state index >= 15 is 0 Å². The number of para-hydroxylation sites is 1. The van der Waals surface area contributed by atoms with Crippen LogP contribution in [0.15, 0.2) is 30.3 Å². The fraction of sp³-hybridized carbons (Fsp3) is 0.300. The van der Waals surface area contributed by atoms with Crippen molar-refractivity contribution in [1.29, 1.82) is 0 Å². The van der Waals surface area contributed by atoms with Crippen molar-refractivity contribution in [1.82, 2.24) is 4.90 Å². The van der Waals surface area contributed by atoms with Crippen molar-refractivity contribution in [3.63, 3.8) is 0 Å². The van der Waals surface area contributed by atoms with Crippen molar-refractivity contribution in [3.05, 3.63) is 30.3 Å². The van der Waals surface area contributed by atoms with Gasteiger partial charge in [0.05, 0.1) is 0 Å². The number of rotatable bonds is 3. The van der Waals surface area contributed by atoms with E-state index in [9.17, 15) is 4.79 Å². The molecule has 0 saturated heterocycles. The van der Waals surface area contributed by atoms with E-state index in [1.54, 1.807) is 11.9 Å². The quantitative estimate of drug-likeness (QED) is 0.829.